The summed E-state index contributed by atoms with van der Waals surface area (Å²) < 4.78 is 33.9. The highest BCUT2D eigenvalue weighted by molar-refractivity contribution is 5.75. The number of hydrogen-bond acceptors (Lipinski definition) is 5. The van der Waals surface area contributed by atoms with E-state index in [1.807, 2.05) is 0 Å². The molecule has 0 radical (unpaired) electrons. The van der Waals surface area contributed by atoms with Crippen molar-refractivity contribution in [1.29, 1.82) is 0 Å². The van der Waals surface area contributed by atoms with Crippen molar-refractivity contribution in [1.82, 2.24) is 0 Å². The van der Waals surface area contributed by atoms with E-state index in [0.29, 0.717) is 0 Å². The molecular weight excluding hydrogens is 302 g/mol. The Labute approximate surface area is 125 Å². The summed E-state index contributed by atoms with van der Waals surface area (Å²) in [6, 6.07) is 3.77. The van der Waals surface area contributed by atoms with E-state index in [4.69, 9.17) is 9.84 Å². The second kappa shape index (κ2) is 8.28. The second-order valence-electron chi connectivity index (χ2n) is 4.25. The van der Waals surface area contributed by atoms with Crippen LogP contribution in [0.5, 0.6) is 5.75 Å². The summed E-state index contributed by atoms with van der Waals surface area (Å²) in [4.78, 5) is 22.3. The van der Waals surface area contributed by atoms with Crippen LogP contribution in [-0.2, 0) is 20.7 Å². The zero-order chi connectivity index (χ0) is 16.7. The van der Waals surface area contributed by atoms with Crippen LogP contribution in [0.3, 0.4) is 0 Å². The number of rotatable bonds is 8. The number of carbonyl (C=O) groups excluding carboxylic acids is 1. The van der Waals surface area contributed by atoms with Gasteiger partial charge in [-0.15, -0.1) is 0 Å². The van der Waals surface area contributed by atoms with Crippen LogP contribution in [0, 0.1) is 0 Å². The molecule has 0 spiro atoms. The van der Waals surface area contributed by atoms with E-state index in [2.05, 4.69) is 4.74 Å². The zero-order valence-electron chi connectivity index (χ0n) is 11.8. The number of carboxylic acids is 1. The SMILES string of the molecule is CCOC(=O)CCc1c(OC(F)F)cccc1C(O)C(=O)O. The van der Waals surface area contributed by atoms with Gasteiger partial charge in [-0.25, -0.2) is 4.79 Å². The highest BCUT2D eigenvalue weighted by atomic mass is 19.3. The number of aliphatic hydroxyl groups is 1. The average molecular weight is 318 g/mol. The van der Waals surface area contributed by atoms with Crippen LogP contribution in [0.4, 0.5) is 8.78 Å². The molecule has 0 saturated heterocycles. The summed E-state index contributed by atoms with van der Waals surface area (Å²) in [5.41, 5.74) is -0.0688. The lowest BCUT2D eigenvalue weighted by Gasteiger charge is -2.16. The van der Waals surface area contributed by atoms with Gasteiger partial charge < -0.3 is 19.7 Å². The smallest absolute Gasteiger partial charge is 0.387 e. The van der Waals surface area contributed by atoms with Crippen LogP contribution in [0.1, 0.15) is 30.6 Å². The molecule has 0 aliphatic carbocycles. The Morgan fingerprint density at radius 2 is 2.00 bits per heavy atom. The van der Waals surface area contributed by atoms with Gasteiger partial charge >= 0.3 is 18.6 Å². The van der Waals surface area contributed by atoms with Crippen molar-refractivity contribution < 1.29 is 38.1 Å². The molecule has 0 aliphatic rings. The van der Waals surface area contributed by atoms with E-state index in [1.54, 1.807) is 6.92 Å². The number of esters is 1. The Morgan fingerprint density at radius 1 is 1.32 bits per heavy atom. The van der Waals surface area contributed by atoms with Gasteiger partial charge in [0.1, 0.15) is 5.75 Å². The molecule has 1 unspecified atom stereocenters. The lowest BCUT2D eigenvalue weighted by molar-refractivity contribution is -0.147. The third-order valence-corrected chi connectivity index (χ3v) is 2.80. The maximum atomic E-state index is 12.4. The van der Waals surface area contributed by atoms with Gasteiger partial charge in [0.25, 0.3) is 0 Å². The first-order valence-corrected chi connectivity index (χ1v) is 6.49. The van der Waals surface area contributed by atoms with Gasteiger partial charge in [0.15, 0.2) is 6.10 Å². The molecule has 0 amide bonds. The number of carboxylic acid groups (broad SMARTS) is 1. The van der Waals surface area contributed by atoms with Crippen molar-refractivity contribution in [2.24, 2.45) is 0 Å². The van der Waals surface area contributed by atoms with Crippen molar-refractivity contribution >= 4 is 11.9 Å². The van der Waals surface area contributed by atoms with E-state index in [-0.39, 0.29) is 36.3 Å². The summed E-state index contributed by atoms with van der Waals surface area (Å²) in [6.07, 6.45) is -2.16. The van der Waals surface area contributed by atoms with Crippen LogP contribution < -0.4 is 4.74 Å². The minimum atomic E-state index is -3.11. The summed E-state index contributed by atoms with van der Waals surface area (Å²) >= 11 is 0. The molecule has 1 aromatic rings. The van der Waals surface area contributed by atoms with Gasteiger partial charge in [0, 0.05) is 12.0 Å². The fourth-order valence-corrected chi connectivity index (χ4v) is 1.91. The molecule has 1 rings (SSSR count). The largest absolute Gasteiger partial charge is 0.479 e. The number of alkyl halides is 2. The number of aliphatic carboxylic acids is 1. The molecule has 8 heteroatoms. The van der Waals surface area contributed by atoms with Crippen LogP contribution in [0.15, 0.2) is 18.2 Å². The average Bonchev–Trinajstić information content (AvgIpc) is 2.44. The third kappa shape index (κ3) is 4.96. The minimum Gasteiger partial charge on any atom is -0.479 e. The van der Waals surface area contributed by atoms with Crippen molar-refractivity contribution in [3.05, 3.63) is 29.3 Å². The Kier molecular flexibility index (Phi) is 6.71. The first-order chi connectivity index (χ1) is 10.4. The molecule has 6 nitrogen and oxygen atoms in total. The Balaban J connectivity index is 3.10. The molecule has 0 bridgehead atoms. The van der Waals surface area contributed by atoms with Gasteiger partial charge in [0.2, 0.25) is 0 Å². The molecule has 0 heterocycles. The van der Waals surface area contributed by atoms with Crippen LogP contribution in [-0.4, -0.2) is 35.4 Å². The Hall–Kier alpha value is -2.22. The standard InChI is InChI=1S/C14H16F2O6/c1-2-21-11(17)7-6-8-9(12(18)13(19)20)4-3-5-10(8)22-14(15)16/h3-5,12,14,18H,2,6-7H2,1H3,(H,19,20). The molecule has 0 aromatic heterocycles. The predicted octanol–water partition coefficient (Wildman–Crippen LogP) is 1.90. The van der Waals surface area contributed by atoms with Gasteiger partial charge in [-0.1, -0.05) is 12.1 Å². The Morgan fingerprint density at radius 3 is 2.55 bits per heavy atom. The van der Waals surface area contributed by atoms with E-state index < -0.39 is 24.7 Å². The first-order valence-electron chi connectivity index (χ1n) is 6.49. The normalized spacial score (nSPS) is 12.0. The van der Waals surface area contributed by atoms with E-state index in [0.717, 1.165) is 0 Å². The molecule has 1 aromatic carbocycles. The quantitative estimate of drug-likeness (QED) is 0.711. The lowest BCUT2D eigenvalue weighted by Crippen LogP contribution is -2.15. The predicted molar refractivity (Wildman–Crippen MR) is 70.6 cm³/mol. The molecular formula is C14H16F2O6. The van der Waals surface area contributed by atoms with Gasteiger partial charge in [-0.3, -0.25) is 4.79 Å². The fraction of sp³-hybridized carbons (Fsp3) is 0.429. The molecule has 1 atom stereocenters. The molecule has 0 fully saturated rings. The summed E-state index contributed by atoms with van der Waals surface area (Å²) in [5.74, 6) is -2.38. The molecule has 122 valence electrons. The molecule has 0 aliphatic heterocycles. The van der Waals surface area contributed by atoms with E-state index in [9.17, 15) is 23.5 Å². The topological polar surface area (TPSA) is 93.1 Å². The maximum absolute atomic E-state index is 12.4. The van der Waals surface area contributed by atoms with Gasteiger partial charge in [-0.2, -0.15) is 8.78 Å². The highest BCUT2D eigenvalue weighted by Gasteiger charge is 2.23. The summed E-state index contributed by atoms with van der Waals surface area (Å²) in [6.45, 7) is -1.33. The monoisotopic (exact) mass is 318 g/mol. The fourth-order valence-electron chi connectivity index (χ4n) is 1.91. The van der Waals surface area contributed by atoms with Crippen molar-refractivity contribution in [2.45, 2.75) is 32.5 Å². The third-order valence-electron chi connectivity index (χ3n) is 2.80. The number of hydrogen-bond donors (Lipinski definition) is 2. The number of benzene rings is 1. The Bertz CT molecular complexity index is 532. The number of halogens is 2. The summed E-state index contributed by atoms with van der Waals surface area (Å²) in [7, 11) is 0. The highest BCUT2D eigenvalue weighted by Crippen LogP contribution is 2.30. The van der Waals surface area contributed by atoms with Crippen molar-refractivity contribution in [3.63, 3.8) is 0 Å². The van der Waals surface area contributed by atoms with E-state index >= 15 is 0 Å². The number of aliphatic hydroxyl groups excluding tert-OH is 1. The zero-order valence-corrected chi connectivity index (χ0v) is 11.8. The van der Waals surface area contributed by atoms with Crippen LogP contribution in [0.2, 0.25) is 0 Å². The van der Waals surface area contributed by atoms with Gasteiger partial charge in [-0.05, 0) is 25.0 Å². The lowest BCUT2D eigenvalue weighted by atomic mass is 9.97. The van der Waals surface area contributed by atoms with E-state index in [1.165, 1.54) is 18.2 Å². The molecule has 0 saturated carbocycles. The molecule has 2 N–H and O–H groups in total. The van der Waals surface area contributed by atoms with Crippen LogP contribution >= 0.6 is 0 Å². The molecule has 22 heavy (non-hydrogen) atoms. The van der Waals surface area contributed by atoms with Crippen LogP contribution in [0.25, 0.3) is 0 Å². The number of carbonyl (C=O) groups is 2. The summed E-state index contributed by atoms with van der Waals surface area (Å²) in [5, 5.41) is 18.5. The second-order valence-corrected chi connectivity index (χ2v) is 4.25. The first kappa shape index (κ1) is 17.8. The maximum Gasteiger partial charge on any atom is 0.387 e. The van der Waals surface area contributed by atoms with Crippen molar-refractivity contribution in [2.75, 3.05) is 6.61 Å². The van der Waals surface area contributed by atoms with Crippen molar-refractivity contribution in [3.8, 4) is 5.75 Å². The van der Waals surface area contributed by atoms with Gasteiger partial charge in [0.05, 0.1) is 6.61 Å². The number of ether oxygens (including phenoxy) is 2. The minimum absolute atomic E-state index is 0.0331.